The molecule has 0 N–H and O–H groups in total. The van der Waals surface area contributed by atoms with E-state index in [4.69, 9.17) is 0 Å². The van der Waals surface area contributed by atoms with E-state index < -0.39 is 95.6 Å². The number of alkyl halides is 34. The van der Waals surface area contributed by atoms with Gasteiger partial charge in [0.15, 0.2) is 0 Å². The Morgan fingerprint density at radius 1 is 0.255 bits per heavy atom. The van der Waals surface area contributed by atoms with Crippen LogP contribution in [0.5, 0.6) is 0 Å². The van der Waals surface area contributed by atoms with Gasteiger partial charge in [0.2, 0.25) is 0 Å². The quantitative estimate of drug-likeness (QED) is 0.221. The Kier molecular flexibility index (Phi) is 11.0. The first-order chi connectivity index (χ1) is 21.2. The second-order valence-corrected chi connectivity index (χ2v) is 9.03. The van der Waals surface area contributed by atoms with E-state index in [0.29, 0.717) is 0 Å². The molecule has 35 heteroatoms. The van der Waals surface area contributed by atoms with Crippen LogP contribution < -0.4 is 0 Å². The number of ether oxygens (including phenoxy) is 1. The van der Waals surface area contributed by atoms with Crippen molar-refractivity contribution in [2.75, 3.05) is 0 Å². The lowest BCUT2D eigenvalue weighted by molar-refractivity contribution is -0.468. The van der Waals surface area contributed by atoms with Crippen molar-refractivity contribution in [3.8, 4) is 0 Å². The zero-order valence-electron chi connectivity index (χ0n) is 21.3. The molecule has 0 bridgehead atoms. The van der Waals surface area contributed by atoms with E-state index in [2.05, 4.69) is 0 Å². The van der Waals surface area contributed by atoms with Crippen molar-refractivity contribution in [2.45, 2.75) is 95.6 Å². The fraction of sp³-hybridized carbons (Fsp3) is 1.00. The molecule has 1 aliphatic rings. The lowest BCUT2D eigenvalue weighted by atomic mass is 9.91. The van der Waals surface area contributed by atoms with Crippen LogP contribution >= 0.6 is 0 Å². The fourth-order valence-corrected chi connectivity index (χ4v) is 2.67. The highest BCUT2D eigenvalue weighted by molar-refractivity contribution is 5.19. The summed E-state index contributed by atoms with van der Waals surface area (Å²) in [6.07, 6.45) is -30.2. The molecule has 0 aromatic heterocycles. The normalized spacial score (nSPS) is 23.2. The van der Waals surface area contributed by atoms with E-state index >= 15 is 0 Å². The standard InChI is InChI=1S/C8F18.C8F16O/c9-1(10,3(13,14)5(17,18)7(21,22)23)2(11,12)4(15,16)6(19,20)8(24,25)26;9-1(10,4(15,16)7(20,21)22)2(11,12)6(19)3(13,14)5(17,18)8(23,24)25-6. The van der Waals surface area contributed by atoms with Crippen molar-refractivity contribution in [1.82, 2.24) is 0 Å². The van der Waals surface area contributed by atoms with Crippen molar-refractivity contribution >= 4 is 0 Å². The molecule has 1 aliphatic heterocycles. The molecule has 1 unspecified atom stereocenters. The summed E-state index contributed by atoms with van der Waals surface area (Å²) in [5.41, 5.74) is 0. The van der Waals surface area contributed by atoms with E-state index in [0.717, 1.165) is 0 Å². The summed E-state index contributed by atoms with van der Waals surface area (Å²) in [6, 6.07) is 0. The van der Waals surface area contributed by atoms with Crippen molar-refractivity contribution < 1.29 is 154 Å². The molecule has 1 heterocycles. The summed E-state index contributed by atoms with van der Waals surface area (Å²) in [6.45, 7) is 0. The van der Waals surface area contributed by atoms with Crippen LogP contribution in [0.3, 0.4) is 0 Å². The Hall–Kier alpha value is -2.42. The minimum atomic E-state index is -8.72. The average Bonchev–Trinajstić information content (AvgIpc) is 2.95. The number of hydrogen-bond donors (Lipinski definition) is 0. The molecule has 0 aromatic carbocycles. The highest BCUT2D eigenvalue weighted by Crippen LogP contribution is 2.69. The van der Waals surface area contributed by atoms with Gasteiger partial charge in [-0.25, -0.2) is 0 Å². The van der Waals surface area contributed by atoms with Crippen LogP contribution in [0.4, 0.5) is 149 Å². The number of hydrogen-bond acceptors (Lipinski definition) is 1. The summed E-state index contributed by atoms with van der Waals surface area (Å²) in [7, 11) is 0. The predicted molar refractivity (Wildman–Crippen MR) is 82.5 cm³/mol. The van der Waals surface area contributed by atoms with Crippen molar-refractivity contribution in [3.05, 3.63) is 0 Å². The van der Waals surface area contributed by atoms with Crippen LogP contribution in [-0.4, -0.2) is 95.6 Å². The maximum Gasteiger partial charge on any atom is 0.460 e. The minimum absolute atomic E-state index is 1.60. The predicted octanol–water partition coefficient (Wildman–Crippen LogP) is 10.9. The Balaban J connectivity index is 0.000000981. The third kappa shape index (κ3) is 5.89. The second kappa shape index (κ2) is 11.5. The molecule has 1 saturated heterocycles. The average molecular weight is 854 g/mol. The zero-order chi connectivity index (χ0) is 42.7. The van der Waals surface area contributed by atoms with Crippen LogP contribution in [0.2, 0.25) is 0 Å². The van der Waals surface area contributed by atoms with Crippen LogP contribution in [0.1, 0.15) is 0 Å². The van der Waals surface area contributed by atoms with Crippen molar-refractivity contribution in [3.63, 3.8) is 0 Å². The van der Waals surface area contributed by atoms with Gasteiger partial charge >= 0.3 is 95.6 Å². The summed E-state index contributed by atoms with van der Waals surface area (Å²) in [4.78, 5) is 0. The molecule has 1 rings (SSSR count). The largest absolute Gasteiger partial charge is 0.460 e. The van der Waals surface area contributed by atoms with E-state index in [-0.39, 0.29) is 0 Å². The third-order valence-electron chi connectivity index (χ3n) is 5.66. The summed E-state index contributed by atoms with van der Waals surface area (Å²) in [5, 5.41) is 0. The Morgan fingerprint density at radius 3 is 0.627 bits per heavy atom. The van der Waals surface area contributed by atoms with Gasteiger partial charge in [0, 0.05) is 0 Å². The van der Waals surface area contributed by atoms with Gasteiger partial charge < -0.3 is 0 Å². The third-order valence-corrected chi connectivity index (χ3v) is 5.66. The molecule has 0 radical (unpaired) electrons. The van der Waals surface area contributed by atoms with Gasteiger partial charge in [-0.2, -0.15) is 149 Å². The van der Waals surface area contributed by atoms with E-state index in [1.165, 1.54) is 0 Å². The highest BCUT2D eigenvalue weighted by atomic mass is 19.5. The number of halogens is 34. The lowest BCUT2D eigenvalue weighted by Gasteiger charge is -2.41. The Bertz CT molecular complexity index is 1210. The van der Waals surface area contributed by atoms with E-state index in [9.17, 15) is 149 Å². The first-order valence-corrected chi connectivity index (χ1v) is 10.3. The second-order valence-electron chi connectivity index (χ2n) is 9.03. The van der Waals surface area contributed by atoms with Crippen LogP contribution in [0.25, 0.3) is 0 Å². The number of rotatable bonds is 8. The minimum Gasteiger partial charge on any atom is -0.267 e. The van der Waals surface area contributed by atoms with Gasteiger partial charge in [-0.15, -0.1) is 0 Å². The smallest absolute Gasteiger partial charge is 0.267 e. The lowest BCUT2D eigenvalue weighted by Crippen LogP contribution is -2.74. The molecule has 308 valence electrons. The summed E-state index contributed by atoms with van der Waals surface area (Å²) >= 11 is 0. The molecule has 1 fully saturated rings. The molecule has 1 nitrogen and oxygen atoms in total. The van der Waals surface area contributed by atoms with E-state index in [1.54, 1.807) is 4.74 Å². The van der Waals surface area contributed by atoms with Crippen molar-refractivity contribution in [1.29, 1.82) is 0 Å². The molecule has 1 atom stereocenters. The van der Waals surface area contributed by atoms with Gasteiger partial charge in [-0.1, -0.05) is 0 Å². The van der Waals surface area contributed by atoms with Crippen molar-refractivity contribution in [2.24, 2.45) is 0 Å². The van der Waals surface area contributed by atoms with Gasteiger partial charge in [-0.05, 0) is 0 Å². The molecule has 0 aromatic rings. The summed E-state index contributed by atoms with van der Waals surface area (Å²) < 4.78 is 424. The SMILES string of the molecule is FC(F)(F)C(F)(F)C(F)(F)C(F)(F)C(F)(F)C(F)(F)C(F)(F)C(F)(F)F.FC(F)(F)C(F)(F)C(F)(F)C(F)(F)C1(F)OC(F)(F)C(F)(F)C1(F)F. The first-order valence-electron chi connectivity index (χ1n) is 10.3. The van der Waals surface area contributed by atoms with Gasteiger partial charge in [0.05, 0.1) is 0 Å². The maximum absolute atomic E-state index is 13.4. The Morgan fingerprint density at radius 2 is 0.451 bits per heavy atom. The highest BCUT2D eigenvalue weighted by Gasteiger charge is 3.01. The van der Waals surface area contributed by atoms with E-state index in [1.807, 2.05) is 0 Å². The molecule has 0 spiro atoms. The van der Waals surface area contributed by atoms with Crippen LogP contribution in [0, 0.1) is 0 Å². The molecular weight excluding hydrogens is 854 g/mol. The van der Waals surface area contributed by atoms with Crippen LogP contribution in [0.15, 0.2) is 0 Å². The summed E-state index contributed by atoms with van der Waals surface area (Å²) in [5.74, 6) is -98.1. The molecule has 0 amide bonds. The van der Waals surface area contributed by atoms with Gasteiger partial charge in [0.1, 0.15) is 0 Å². The molecule has 0 aliphatic carbocycles. The Labute approximate surface area is 251 Å². The topological polar surface area (TPSA) is 9.23 Å². The molecule has 0 saturated carbocycles. The van der Waals surface area contributed by atoms with Crippen LogP contribution in [-0.2, 0) is 4.74 Å². The fourth-order valence-electron chi connectivity index (χ4n) is 2.67. The van der Waals surface area contributed by atoms with Gasteiger partial charge in [-0.3, -0.25) is 4.74 Å². The van der Waals surface area contributed by atoms with Gasteiger partial charge in [0.25, 0.3) is 0 Å². The first kappa shape index (κ1) is 48.6. The maximum atomic E-state index is 13.4. The molecule has 51 heavy (non-hydrogen) atoms. The molecular formula is C16F34O. The zero-order valence-corrected chi connectivity index (χ0v) is 21.3. The monoisotopic (exact) mass is 854 g/mol.